The standard InChI is InChI=1S/C9H5ClO2S2/c10-7-4-3-6(14-7)9(11)12-8-2-1-5-13-8/h1-5H. The van der Waals surface area contributed by atoms with E-state index in [0.29, 0.717) is 14.3 Å². The van der Waals surface area contributed by atoms with E-state index >= 15 is 0 Å². The Balaban J connectivity index is 2.10. The number of halogens is 1. The molecule has 2 aromatic rings. The normalized spacial score (nSPS) is 10.1. The lowest BCUT2D eigenvalue weighted by molar-refractivity contribution is 0.0746. The van der Waals surface area contributed by atoms with E-state index in [9.17, 15) is 4.79 Å². The van der Waals surface area contributed by atoms with Gasteiger partial charge in [-0.05, 0) is 29.6 Å². The topological polar surface area (TPSA) is 26.3 Å². The summed E-state index contributed by atoms with van der Waals surface area (Å²) < 4.78 is 5.67. The van der Waals surface area contributed by atoms with Crippen LogP contribution in [0.2, 0.25) is 4.34 Å². The van der Waals surface area contributed by atoms with Crippen LogP contribution in [-0.4, -0.2) is 5.97 Å². The summed E-state index contributed by atoms with van der Waals surface area (Å²) in [4.78, 5) is 12.0. The molecule has 0 saturated heterocycles. The molecule has 0 aliphatic carbocycles. The van der Waals surface area contributed by atoms with Crippen LogP contribution in [0.15, 0.2) is 29.6 Å². The van der Waals surface area contributed by atoms with Gasteiger partial charge in [0.15, 0.2) is 5.06 Å². The quantitative estimate of drug-likeness (QED) is 0.754. The van der Waals surface area contributed by atoms with Crippen LogP contribution in [0.25, 0.3) is 0 Å². The number of carbonyl (C=O) groups excluding carboxylic acids is 1. The van der Waals surface area contributed by atoms with E-state index in [1.54, 1.807) is 18.2 Å². The number of esters is 1. The van der Waals surface area contributed by atoms with Crippen LogP contribution in [0.1, 0.15) is 9.67 Å². The number of hydrogen-bond acceptors (Lipinski definition) is 4. The molecule has 5 heteroatoms. The summed E-state index contributed by atoms with van der Waals surface area (Å²) in [5.74, 6) is -0.357. The molecule has 0 aliphatic heterocycles. The number of ether oxygens (including phenoxy) is 1. The maximum Gasteiger partial charge on any atom is 0.354 e. The maximum atomic E-state index is 11.5. The van der Waals surface area contributed by atoms with Gasteiger partial charge in [-0.1, -0.05) is 11.6 Å². The van der Waals surface area contributed by atoms with Crippen LogP contribution in [-0.2, 0) is 0 Å². The second-order valence-corrected chi connectivity index (χ2v) is 5.05. The highest BCUT2D eigenvalue weighted by molar-refractivity contribution is 7.18. The minimum Gasteiger partial charge on any atom is -0.411 e. The first kappa shape index (κ1) is 9.71. The average molecular weight is 245 g/mol. The molecule has 0 N–H and O–H groups in total. The number of rotatable bonds is 2. The van der Waals surface area contributed by atoms with Crippen molar-refractivity contribution in [2.75, 3.05) is 0 Å². The molecule has 72 valence electrons. The highest BCUT2D eigenvalue weighted by Crippen LogP contribution is 2.24. The minimum absolute atomic E-state index is 0.357. The first-order chi connectivity index (χ1) is 6.75. The molecule has 2 nitrogen and oxygen atoms in total. The van der Waals surface area contributed by atoms with Crippen molar-refractivity contribution >= 4 is 40.2 Å². The molecule has 0 amide bonds. The van der Waals surface area contributed by atoms with Gasteiger partial charge in [-0.25, -0.2) is 4.79 Å². The van der Waals surface area contributed by atoms with E-state index in [2.05, 4.69) is 0 Å². The highest BCUT2D eigenvalue weighted by Gasteiger charge is 2.11. The summed E-state index contributed by atoms with van der Waals surface area (Å²) in [6.07, 6.45) is 0. The van der Waals surface area contributed by atoms with E-state index in [0.717, 1.165) is 0 Å². The zero-order valence-corrected chi connectivity index (χ0v) is 9.29. The molecule has 0 unspecified atom stereocenters. The minimum atomic E-state index is -0.357. The van der Waals surface area contributed by atoms with E-state index < -0.39 is 0 Å². The largest absolute Gasteiger partial charge is 0.411 e. The summed E-state index contributed by atoms with van der Waals surface area (Å²) in [5, 5.41) is 2.45. The second-order valence-electron chi connectivity index (χ2n) is 2.43. The van der Waals surface area contributed by atoms with E-state index in [4.69, 9.17) is 16.3 Å². The maximum absolute atomic E-state index is 11.5. The Morgan fingerprint density at radius 2 is 2.21 bits per heavy atom. The molecule has 14 heavy (non-hydrogen) atoms. The van der Waals surface area contributed by atoms with E-state index in [-0.39, 0.29) is 5.97 Å². The first-order valence-corrected chi connectivity index (χ1v) is 5.84. The lowest BCUT2D eigenvalue weighted by atomic mass is 10.5. The fraction of sp³-hybridized carbons (Fsp3) is 0. The molecule has 0 spiro atoms. The third kappa shape index (κ3) is 2.15. The van der Waals surface area contributed by atoms with Gasteiger partial charge in [0, 0.05) is 0 Å². The Morgan fingerprint density at radius 1 is 1.36 bits per heavy atom. The van der Waals surface area contributed by atoms with Crippen molar-refractivity contribution in [3.05, 3.63) is 38.9 Å². The average Bonchev–Trinajstić information content (AvgIpc) is 2.75. The SMILES string of the molecule is O=C(Oc1cccs1)c1ccc(Cl)s1. The zero-order chi connectivity index (χ0) is 9.97. The predicted molar refractivity (Wildman–Crippen MR) is 58.6 cm³/mol. The Bertz CT molecular complexity index is 433. The molecular formula is C9H5ClO2S2. The van der Waals surface area contributed by atoms with Crippen molar-refractivity contribution < 1.29 is 9.53 Å². The Labute approximate surface area is 93.7 Å². The summed E-state index contributed by atoms with van der Waals surface area (Å²) >= 11 is 8.29. The molecule has 0 atom stereocenters. The van der Waals surface area contributed by atoms with Gasteiger partial charge in [-0.3, -0.25) is 0 Å². The number of thiophene rings is 2. The van der Waals surface area contributed by atoms with Gasteiger partial charge in [-0.15, -0.1) is 22.7 Å². The molecule has 0 saturated carbocycles. The molecule has 0 aliphatic rings. The molecule has 0 radical (unpaired) electrons. The Hall–Kier alpha value is -0.840. The smallest absolute Gasteiger partial charge is 0.354 e. The molecule has 2 rings (SSSR count). The van der Waals surface area contributed by atoms with Crippen molar-refractivity contribution in [1.29, 1.82) is 0 Å². The van der Waals surface area contributed by atoms with Crippen LogP contribution in [0, 0.1) is 0 Å². The van der Waals surface area contributed by atoms with Gasteiger partial charge in [0.1, 0.15) is 4.88 Å². The highest BCUT2D eigenvalue weighted by atomic mass is 35.5. The van der Waals surface area contributed by atoms with Gasteiger partial charge >= 0.3 is 5.97 Å². The zero-order valence-electron chi connectivity index (χ0n) is 6.90. The van der Waals surface area contributed by atoms with Crippen LogP contribution < -0.4 is 4.74 Å². The third-order valence-corrected chi connectivity index (χ3v) is 3.42. The van der Waals surface area contributed by atoms with Crippen LogP contribution in [0.5, 0.6) is 5.06 Å². The van der Waals surface area contributed by atoms with Crippen molar-refractivity contribution in [1.82, 2.24) is 0 Å². The fourth-order valence-electron chi connectivity index (χ4n) is 0.887. The summed E-state index contributed by atoms with van der Waals surface area (Å²) in [6, 6.07) is 6.91. The third-order valence-electron chi connectivity index (χ3n) is 1.46. The van der Waals surface area contributed by atoms with Crippen molar-refractivity contribution in [3.8, 4) is 5.06 Å². The molecule has 0 bridgehead atoms. The molecule has 0 fully saturated rings. The summed E-state index contributed by atoms with van der Waals surface area (Å²) in [7, 11) is 0. The lowest BCUT2D eigenvalue weighted by Crippen LogP contribution is -2.04. The molecule has 2 aromatic heterocycles. The first-order valence-electron chi connectivity index (χ1n) is 3.77. The molecule has 0 aromatic carbocycles. The van der Waals surface area contributed by atoms with E-state index in [1.165, 1.54) is 22.7 Å². The van der Waals surface area contributed by atoms with Gasteiger partial charge in [0.2, 0.25) is 0 Å². The second kappa shape index (κ2) is 4.13. The summed E-state index contributed by atoms with van der Waals surface area (Å²) in [5.41, 5.74) is 0. The Kier molecular flexibility index (Phi) is 2.86. The van der Waals surface area contributed by atoms with Gasteiger partial charge < -0.3 is 4.74 Å². The van der Waals surface area contributed by atoms with Gasteiger partial charge in [0.05, 0.1) is 4.34 Å². The Morgan fingerprint density at radius 3 is 2.79 bits per heavy atom. The summed E-state index contributed by atoms with van der Waals surface area (Å²) in [6.45, 7) is 0. The number of carbonyl (C=O) groups is 1. The van der Waals surface area contributed by atoms with Crippen molar-refractivity contribution in [3.63, 3.8) is 0 Å². The van der Waals surface area contributed by atoms with Crippen molar-refractivity contribution in [2.45, 2.75) is 0 Å². The monoisotopic (exact) mass is 244 g/mol. The molecular weight excluding hydrogens is 240 g/mol. The van der Waals surface area contributed by atoms with Crippen LogP contribution >= 0.6 is 34.3 Å². The van der Waals surface area contributed by atoms with Crippen LogP contribution in [0.4, 0.5) is 0 Å². The number of hydrogen-bond donors (Lipinski definition) is 0. The lowest BCUT2D eigenvalue weighted by Gasteiger charge is -1.96. The molecule has 2 heterocycles. The van der Waals surface area contributed by atoms with Gasteiger partial charge in [0.25, 0.3) is 0 Å². The van der Waals surface area contributed by atoms with E-state index in [1.807, 2.05) is 11.4 Å². The fourth-order valence-corrected chi connectivity index (χ4v) is 2.38. The van der Waals surface area contributed by atoms with Crippen molar-refractivity contribution in [2.24, 2.45) is 0 Å². The van der Waals surface area contributed by atoms with Gasteiger partial charge in [-0.2, -0.15) is 0 Å². The predicted octanol–water partition coefficient (Wildman–Crippen LogP) is 3.68. The van der Waals surface area contributed by atoms with Crippen LogP contribution in [0.3, 0.4) is 0 Å².